The maximum absolute atomic E-state index is 11.0. The summed E-state index contributed by atoms with van der Waals surface area (Å²) in [6.45, 7) is 3.85. The van der Waals surface area contributed by atoms with Gasteiger partial charge in [0.1, 0.15) is 5.52 Å². The lowest BCUT2D eigenvalue weighted by Crippen LogP contribution is -2.36. The van der Waals surface area contributed by atoms with Gasteiger partial charge in [-0.15, -0.1) is 0 Å². The number of nitrogens with zero attached hydrogens (tertiary/aromatic N) is 3. The number of benzene rings is 1. The second-order valence-corrected chi connectivity index (χ2v) is 5.43. The fraction of sp³-hybridized carbons (Fsp3) is 0.357. The Kier molecular flexibility index (Phi) is 3.59. The monoisotopic (exact) mass is 275 g/mol. The number of aromatic nitrogens is 1. The highest BCUT2D eigenvalue weighted by molar-refractivity contribution is 5.97. The van der Waals surface area contributed by atoms with E-state index >= 15 is 0 Å². The number of hydrogen-bond donors (Lipinski definition) is 1. The molecular formula is C14H17N3O3. The zero-order chi connectivity index (χ0) is 14.9. The van der Waals surface area contributed by atoms with E-state index < -0.39 is 10.5 Å². The van der Waals surface area contributed by atoms with Crippen molar-refractivity contribution in [3.05, 3.63) is 40.6 Å². The average Bonchev–Trinajstić information content (AvgIpc) is 2.35. The van der Waals surface area contributed by atoms with E-state index in [9.17, 15) is 15.2 Å². The molecule has 0 amide bonds. The Labute approximate surface area is 116 Å². The standard InChI is InChI=1S/C14H17N3O3/c1-14(2,18)9-16(3)11-6-7-12(17(19)20)13-10(11)5-4-8-15-13/h4-8,18H,9H2,1-3H3. The van der Waals surface area contributed by atoms with Crippen molar-refractivity contribution < 1.29 is 10.0 Å². The largest absolute Gasteiger partial charge is 0.389 e. The van der Waals surface area contributed by atoms with Crippen molar-refractivity contribution in [2.24, 2.45) is 0 Å². The molecule has 1 N–H and O–H groups in total. The molecule has 20 heavy (non-hydrogen) atoms. The number of anilines is 1. The summed E-state index contributed by atoms with van der Waals surface area (Å²) in [6, 6.07) is 6.68. The van der Waals surface area contributed by atoms with Crippen molar-refractivity contribution >= 4 is 22.3 Å². The van der Waals surface area contributed by atoms with Crippen molar-refractivity contribution in [3.8, 4) is 0 Å². The van der Waals surface area contributed by atoms with Crippen LogP contribution in [0.2, 0.25) is 0 Å². The van der Waals surface area contributed by atoms with Crippen molar-refractivity contribution in [2.75, 3.05) is 18.5 Å². The van der Waals surface area contributed by atoms with E-state index in [4.69, 9.17) is 0 Å². The predicted molar refractivity (Wildman–Crippen MR) is 78.0 cm³/mol. The van der Waals surface area contributed by atoms with Crippen LogP contribution < -0.4 is 4.90 Å². The zero-order valence-corrected chi connectivity index (χ0v) is 11.7. The number of rotatable bonds is 4. The minimum Gasteiger partial charge on any atom is -0.389 e. The van der Waals surface area contributed by atoms with Crippen LogP contribution in [0.3, 0.4) is 0 Å². The Balaban J connectivity index is 2.56. The van der Waals surface area contributed by atoms with Gasteiger partial charge in [-0.25, -0.2) is 4.98 Å². The molecule has 0 aliphatic heterocycles. The molecule has 1 aromatic carbocycles. The highest BCUT2D eigenvalue weighted by Crippen LogP contribution is 2.31. The average molecular weight is 275 g/mol. The number of nitro benzene ring substituents is 1. The van der Waals surface area contributed by atoms with Crippen LogP contribution in [-0.2, 0) is 0 Å². The van der Waals surface area contributed by atoms with Gasteiger partial charge in [0.25, 0.3) is 5.69 Å². The molecule has 1 heterocycles. The summed E-state index contributed by atoms with van der Waals surface area (Å²) in [6.07, 6.45) is 1.54. The molecule has 0 saturated carbocycles. The van der Waals surface area contributed by atoms with E-state index in [1.807, 2.05) is 11.9 Å². The quantitative estimate of drug-likeness (QED) is 0.684. The SMILES string of the molecule is CN(CC(C)(C)O)c1ccc([N+](=O)[O-])c2ncccc12. The molecule has 0 unspecified atom stereocenters. The lowest BCUT2D eigenvalue weighted by Gasteiger charge is -2.28. The summed E-state index contributed by atoms with van der Waals surface area (Å²) in [5.74, 6) is 0. The van der Waals surface area contributed by atoms with Gasteiger partial charge in [-0.2, -0.15) is 0 Å². The Morgan fingerprint density at radius 1 is 1.40 bits per heavy atom. The molecular weight excluding hydrogens is 258 g/mol. The van der Waals surface area contributed by atoms with Crippen LogP contribution in [0.5, 0.6) is 0 Å². The number of non-ortho nitro benzene ring substituents is 1. The Morgan fingerprint density at radius 3 is 2.70 bits per heavy atom. The molecule has 106 valence electrons. The molecule has 0 atom stereocenters. The first-order chi connectivity index (χ1) is 9.29. The van der Waals surface area contributed by atoms with Gasteiger partial charge < -0.3 is 10.0 Å². The minimum absolute atomic E-state index is 0.0130. The van der Waals surface area contributed by atoms with Crippen LogP contribution in [-0.4, -0.2) is 34.2 Å². The van der Waals surface area contributed by atoms with E-state index in [1.165, 1.54) is 12.3 Å². The molecule has 1 aromatic heterocycles. The smallest absolute Gasteiger partial charge is 0.295 e. The third-order valence-corrected chi connectivity index (χ3v) is 2.96. The Hall–Kier alpha value is -2.21. The molecule has 6 heteroatoms. The molecule has 2 aromatic rings. The third kappa shape index (κ3) is 2.85. The number of likely N-dealkylation sites (N-methyl/N-ethyl adjacent to an activating group) is 1. The number of pyridine rings is 1. The molecule has 0 radical (unpaired) electrons. The highest BCUT2D eigenvalue weighted by Gasteiger charge is 2.20. The number of aliphatic hydroxyl groups is 1. The van der Waals surface area contributed by atoms with E-state index in [0.717, 1.165) is 5.69 Å². The maximum Gasteiger partial charge on any atom is 0.295 e. The molecule has 0 bridgehead atoms. The molecule has 0 spiro atoms. The van der Waals surface area contributed by atoms with Crippen molar-refractivity contribution in [1.82, 2.24) is 4.98 Å². The first-order valence-electron chi connectivity index (χ1n) is 6.25. The zero-order valence-electron chi connectivity index (χ0n) is 11.7. The lowest BCUT2D eigenvalue weighted by atomic mass is 10.1. The molecule has 6 nitrogen and oxygen atoms in total. The first kappa shape index (κ1) is 14.2. The van der Waals surface area contributed by atoms with Crippen LogP contribution in [0, 0.1) is 10.1 Å². The summed E-state index contributed by atoms with van der Waals surface area (Å²) in [4.78, 5) is 16.6. The molecule has 0 fully saturated rings. The molecule has 2 rings (SSSR count). The van der Waals surface area contributed by atoms with Crippen LogP contribution >= 0.6 is 0 Å². The van der Waals surface area contributed by atoms with Crippen molar-refractivity contribution in [1.29, 1.82) is 0 Å². The fourth-order valence-electron chi connectivity index (χ4n) is 2.29. The summed E-state index contributed by atoms with van der Waals surface area (Å²) < 4.78 is 0. The third-order valence-electron chi connectivity index (χ3n) is 2.96. The summed E-state index contributed by atoms with van der Waals surface area (Å²) in [7, 11) is 1.84. The highest BCUT2D eigenvalue weighted by atomic mass is 16.6. The normalized spacial score (nSPS) is 11.6. The number of nitro groups is 1. The van der Waals surface area contributed by atoms with Crippen LogP contribution in [0.4, 0.5) is 11.4 Å². The van der Waals surface area contributed by atoms with E-state index in [2.05, 4.69) is 4.98 Å². The summed E-state index contributed by atoms with van der Waals surface area (Å²) in [5, 5.41) is 21.6. The predicted octanol–water partition coefficient (Wildman–Crippen LogP) is 2.35. The van der Waals surface area contributed by atoms with Gasteiger partial charge in [0.05, 0.1) is 10.5 Å². The van der Waals surface area contributed by atoms with Gasteiger partial charge in [0, 0.05) is 36.9 Å². The molecule has 0 aliphatic carbocycles. The lowest BCUT2D eigenvalue weighted by molar-refractivity contribution is -0.383. The topological polar surface area (TPSA) is 79.5 Å². The Bertz CT molecular complexity index is 650. The maximum atomic E-state index is 11.0. The van der Waals surface area contributed by atoms with Gasteiger partial charge in [0.15, 0.2) is 0 Å². The van der Waals surface area contributed by atoms with E-state index in [1.54, 1.807) is 32.0 Å². The Morgan fingerprint density at radius 2 is 2.10 bits per heavy atom. The van der Waals surface area contributed by atoms with Crippen LogP contribution in [0.1, 0.15) is 13.8 Å². The second kappa shape index (κ2) is 5.05. The van der Waals surface area contributed by atoms with E-state index in [0.29, 0.717) is 17.4 Å². The fourth-order valence-corrected chi connectivity index (χ4v) is 2.29. The summed E-state index contributed by atoms with van der Waals surface area (Å²) in [5.41, 5.74) is 0.296. The van der Waals surface area contributed by atoms with Gasteiger partial charge in [-0.05, 0) is 32.0 Å². The minimum atomic E-state index is -0.856. The number of hydrogen-bond acceptors (Lipinski definition) is 5. The molecule has 0 aliphatic rings. The van der Waals surface area contributed by atoms with Crippen molar-refractivity contribution in [3.63, 3.8) is 0 Å². The molecule has 0 saturated heterocycles. The van der Waals surface area contributed by atoms with Crippen LogP contribution in [0.25, 0.3) is 10.9 Å². The van der Waals surface area contributed by atoms with Gasteiger partial charge in [0.2, 0.25) is 0 Å². The van der Waals surface area contributed by atoms with Gasteiger partial charge in [-0.3, -0.25) is 10.1 Å². The van der Waals surface area contributed by atoms with Gasteiger partial charge >= 0.3 is 0 Å². The van der Waals surface area contributed by atoms with Crippen molar-refractivity contribution in [2.45, 2.75) is 19.4 Å². The van der Waals surface area contributed by atoms with Gasteiger partial charge in [-0.1, -0.05) is 0 Å². The van der Waals surface area contributed by atoms with E-state index in [-0.39, 0.29) is 5.69 Å². The number of fused-ring (bicyclic) bond motifs is 1. The van der Waals surface area contributed by atoms with Crippen LogP contribution in [0.15, 0.2) is 30.5 Å². The first-order valence-corrected chi connectivity index (χ1v) is 6.25. The summed E-state index contributed by atoms with van der Waals surface area (Å²) >= 11 is 0. The second-order valence-electron chi connectivity index (χ2n) is 5.43.